The summed E-state index contributed by atoms with van der Waals surface area (Å²) in [5.41, 5.74) is 11.6. The lowest BCUT2D eigenvalue weighted by Gasteiger charge is -2.22. The number of nitrogens with one attached hydrogen (secondary N) is 1. The fraction of sp³-hybridized carbons (Fsp3) is 0.294. The van der Waals surface area contributed by atoms with Crippen molar-refractivity contribution in [3.8, 4) is 0 Å². The number of aryl methyl sites for hydroxylation is 1. The normalized spacial score (nSPS) is 16.6. The van der Waals surface area contributed by atoms with Gasteiger partial charge in [0.15, 0.2) is 0 Å². The molecule has 0 heterocycles. The zero-order valence-electron chi connectivity index (χ0n) is 12.4. The van der Waals surface area contributed by atoms with Crippen LogP contribution in [0.1, 0.15) is 23.6 Å². The van der Waals surface area contributed by atoms with E-state index in [0.717, 1.165) is 34.9 Å². The predicted octanol–water partition coefficient (Wildman–Crippen LogP) is 4.09. The van der Waals surface area contributed by atoms with Crippen LogP contribution in [0.2, 0.25) is 5.02 Å². The number of halogens is 1. The van der Waals surface area contributed by atoms with E-state index >= 15 is 0 Å². The van der Waals surface area contributed by atoms with E-state index in [-0.39, 0.29) is 0 Å². The molecule has 2 aromatic carbocycles. The molecule has 4 heteroatoms. The highest BCUT2D eigenvalue weighted by Gasteiger charge is 2.23. The quantitative estimate of drug-likeness (QED) is 0.839. The third kappa shape index (κ3) is 2.79. The van der Waals surface area contributed by atoms with E-state index in [1.165, 1.54) is 11.1 Å². The van der Waals surface area contributed by atoms with Crippen LogP contribution in [0.25, 0.3) is 0 Å². The van der Waals surface area contributed by atoms with Crippen molar-refractivity contribution in [1.29, 1.82) is 0 Å². The zero-order valence-corrected chi connectivity index (χ0v) is 13.1. The molecule has 21 heavy (non-hydrogen) atoms. The summed E-state index contributed by atoms with van der Waals surface area (Å²) in [4.78, 5) is 2.09. The molecule has 3 N–H and O–H groups in total. The molecular weight excluding hydrogens is 282 g/mol. The number of benzene rings is 2. The maximum Gasteiger partial charge on any atom is 0.0598 e. The molecule has 1 unspecified atom stereocenters. The minimum Gasteiger partial charge on any atom is -0.399 e. The van der Waals surface area contributed by atoms with Crippen molar-refractivity contribution in [2.45, 2.75) is 18.9 Å². The topological polar surface area (TPSA) is 41.3 Å². The average Bonchev–Trinajstić information content (AvgIpc) is 2.81. The summed E-state index contributed by atoms with van der Waals surface area (Å²) in [5, 5.41) is 4.39. The van der Waals surface area contributed by atoms with Crippen LogP contribution in [-0.2, 0) is 6.42 Å². The minimum atomic E-state index is 0.317. The van der Waals surface area contributed by atoms with Gasteiger partial charge in [0.1, 0.15) is 0 Å². The van der Waals surface area contributed by atoms with Gasteiger partial charge in [0.05, 0.1) is 17.4 Å². The number of rotatable bonds is 3. The smallest absolute Gasteiger partial charge is 0.0598 e. The second-order valence-electron chi connectivity index (χ2n) is 5.75. The molecule has 0 fully saturated rings. The molecular formula is C17H20ClN3. The Hall–Kier alpha value is -1.87. The number of nitrogen functional groups attached to an aromatic ring is 1. The summed E-state index contributed by atoms with van der Waals surface area (Å²) in [5.74, 6) is 0. The number of hydrogen-bond acceptors (Lipinski definition) is 3. The Morgan fingerprint density at radius 2 is 2.00 bits per heavy atom. The first-order valence-electron chi connectivity index (χ1n) is 7.16. The van der Waals surface area contributed by atoms with Crippen LogP contribution in [0.4, 0.5) is 17.1 Å². The number of anilines is 3. The van der Waals surface area contributed by atoms with E-state index in [0.29, 0.717) is 6.04 Å². The predicted molar refractivity (Wildman–Crippen MR) is 91.3 cm³/mol. The van der Waals surface area contributed by atoms with Crippen LogP contribution >= 0.6 is 11.6 Å². The lowest BCUT2D eigenvalue weighted by molar-refractivity contribution is 0.761. The number of nitrogens with zero attached hydrogens (tertiary/aromatic N) is 1. The Balaban J connectivity index is 1.91. The molecule has 3 rings (SSSR count). The molecule has 0 spiro atoms. The van der Waals surface area contributed by atoms with Gasteiger partial charge in [-0.1, -0.05) is 17.7 Å². The Labute approximate surface area is 130 Å². The van der Waals surface area contributed by atoms with Gasteiger partial charge in [0.2, 0.25) is 0 Å². The Kier molecular flexibility index (Phi) is 3.68. The molecule has 0 aliphatic heterocycles. The Morgan fingerprint density at radius 3 is 2.76 bits per heavy atom. The third-order valence-corrected chi connectivity index (χ3v) is 4.25. The summed E-state index contributed by atoms with van der Waals surface area (Å²) < 4.78 is 0. The first-order chi connectivity index (χ1) is 10.0. The van der Waals surface area contributed by atoms with Crippen LogP contribution < -0.4 is 16.0 Å². The molecule has 0 aromatic heterocycles. The van der Waals surface area contributed by atoms with E-state index in [2.05, 4.69) is 22.3 Å². The largest absolute Gasteiger partial charge is 0.399 e. The first-order valence-corrected chi connectivity index (χ1v) is 7.54. The maximum absolute atomic E-state index is 6.15. The van der Waals surface area contributed by atoms with Crippen LogP contribution in [0, 0.1) is 0 Å². The lowest BCUT2D eigenvalue weighted by atomic mass is 10.1. The van der Waals surface area contributed by atoms with Crippen molar-refractivity contribution in [3.63, 3.8) is 0 Å². The average molecular weight is 302 g/mol. The molecule has 110 valence electrons. The molecule has 3 nitrogen and oxygen atoms in total. The summed E-state index contributed by atoms with van der Waals surface area (Å²) in [6.45, 7) is 0. The van der Waals surface area contributed by atoms with Gasteiger partial charge in [-0.15, -0.1) is 0 Å². The summed E-state index contributed by atoms with van der Waals surface area (Å²) in [7, 11) is 4.08. The second-order valence-corrected chi connectivity index (χ2v) is 6.19. The van der Waals surface area contributed by atoms with Gasteiger partial charge in [-0.3, -0.25) is 0 Å². The highest BCUT2D eigenvalue weighted by Crippen LogP contribution is 2.37. The summed E-state index contributed by atoms with van der Waals surface area (Å²) in [6.07, 6.45) is 2.15. The first kappa shape index (κ1) is 14.1. The van der Waals surface area contributed by atoms with E-state index in [1.54, 1.807) is 0 Å². The molecule has 1 aliphatic carbocycles. The van der Waals surface area contributed by atoms with Gasteiger partial charge in [0, 0.05) is 24.8 Å². The van der Waals surface area contributed by atoms with Gasteiger partial charge in [-0.2, -0.15) is 0 Å². The number of hydrogen-bond donors (Lipinski definition) is 2. The van der Waals surface area contributed by atoms with E-state index in [9.17, 15) is 0 Å². The Bertz CT molecular complexity index is 667. The van der Waals surface area contributed by atoms with Crippen molar-refractivity contribution in [3.05, 3.63) is 52.5 Å². The monoisotopic (exact) mass is 301 g/mol. The van der Waals surface area contributed by atoms with Gasteiger partial charge in [-0.25, -0.2) is 0 Å². The highest BCUT2D eigenvalue weighted by molar-refractivity contribution is 6.31. The van der Waals surface area contributed by atoms with Crippen LogP contribution in [-0.4, -0.2) is 14.1 Å². The zero-order chi connectivity index (χ0) is 15.0. The van der Waals surface area contributed by atoms with Crippen LogP contribution in [0.3, 0.4) is 0 Å². The minimum absolute atomic E-state index is 0.317. The summed E-state index contributed by atoms with van der Waals surface area (Å²) in [6, 6.07) is 12.5. The number of fused-ring (bicyclic) bond motifs is 1. The standard InChI is InChI=1S/C17H20ClN3/c1-21(2)17-8-4-12(18)10-16(17)20-15-7-3-11-9-13(19)5-6-14(11)15/h4-6,8-10,15,20H,3,7,19H2,1-2H3. The van der Waals surface area contributed by atoms with Crippen molar-refractivity contribution in [2.24, 2.45) is 0 Å². The van der Waals surface area contributed by atoms with Crippen LogP contribution in [0.5, 0.6) is 0 Å². The molecule has 1 aliphatic rings. The molecule has 0 saturated carbocycles. The van der Waals surface area contributed by atoms with Gasteiger partial charge < -0.3 is 16.0 Å². The molecule has 0 amide bonds. The van der Waals surface area contributed by atoms with Crippen molar-refractivity contribution in [2.75, 3.05) is 30.0 Å². The molecule has 0 saturated heterocycles. The molecule has 0 bridgehead atoms. The van der Waals surface area contributed by atoms with Crippen molar-refractivity contribution >= 4 is 28.7 Å². The van der Waals surface area contributed by atoms with Crippen molar-refractivity contribution in [1.82, 2.24) is 0 Å². The van der Waals surface area contributed by atoms with Gasteiger partial charge in [0.25, 0.3) is 0 Å². The fourth-order valence-corrected chi connectivity index (χ4v) is 3.16. The molecule has 0 radical (unpaired) electrons. The summed E-state index contributed by atoms with van der Waals surface area (Å²) >= 11 is 6.15. The molecule has 2 aromatic rings. The van der Waals surface area contributed by atoms with Gasteiger partial charge >= 0.3 is 0 Å². The van der Waals surface area contributed by atoms with E-state index in [1.807, 2.05) is 38.4 Å². The second kappa shape index (κ2) is 5.49. The number of nitrogens with two attached hydrogens (primary N) is 1. The van der Waals surface area contributed by atoms with Gasteiger partial charge in [-0.05, 0) is 54.3 Å². The highest BCUT2D eigenvalue weighted by atomic mass is 35.5. The van der Waals surface area contributed by atoms with Crippen molar-refractivity contribution < 1.29 is 0 Å². The SMILES string of the molecule is CN(C)c1ccc(Cl)cc1NC1CCc2cc(N)ccc21. The van der Waals surface area contributed by atoms with E-state index < -0.39 is 0 Å². The van der Waals surface area contributed by atoms with E-state index in [4.69, 9.17) is 17.3 Å². The van der Waals surface area contributed by atoms with Crippen LogP contribution in [0.15, 0.2) is 36.4 Å². The lowest BCUT2D eigenvalue weighted by Crippen LogP contribution is -2.14. The third-order valence-electron chi connectivity index (χ3n) is 4.01. The maximum atomic E-state index is 6.15. The Morgan fingerprint density at radius 1 is 1.19 bits per heavy atom. The fourth-order valence-electron chi connectivity index (χ4n) is 2.99. The molecule has 1 atom stereocenters.